The van der Waals surface area contributed by atoms with Crippen molar-refractivity contribution in [3.8, 4) is 0 Å². The molecular weight excluding hydrogens is 364 g/mol. The molecule has 2 aliphatic rings. The van der Waals surface area contributed by atoms with Crippen LogP contribution in [0.2, 0.25) is 0 Å². The van der Waals surface area contributed by atoms with Gasteiger partial charge in [0.1, 0.15) is 0 Å². The summed E-state index contributed by atoms with van der Waals surface area (Å²) in [7, 11) is 0. The minimum absolute atomic E-state index is 0.791. The lowest BCUT2D eigenvalue weighted by atomic mass is 9.83. The van der Waals surface area contributed by atoms with Crippen molar-refractivity contribution in [2.45, 2.75) is 125 Å². The summed E-state index contributed by atoms with van der Waals surface area (Å²) in [5, 5.41) is 0. The molecule has 0 aromatic rings. The van der Waals surface area contributed by atoms with Crippen LogP contribution >= 0.6 is 0 Å². The highest BCUT2D eigenvalue weighted by atomic mass is 15.2. The van der Waals surface area contributed by atoms with Gasteiger partial charge in [0, 0.05) is 25.2 Å². The van der Waals surface area contributed by atoms with Crippen LogP contribution in [0.25, 0.3) is 0 Å². The third-order valence-corrected chi connectivity index (χ3v) is 7.73. The molecule has 2 heteroatoms. The standard InChI is InChI=1S/C28H56N2/c1-22(2)11-13-27-14-12-26(21-30(27)20-24(5)6)19-25(7)15-17-29-16-9-8-10-28(29)18-23(3)4/h22-28H,8-21H2,1-7H3. The Balaban J connectivity index is 1.79. The van der Waals surface area contributed by atoms with Crippen LogP contribution in [0, 0.1) is 29.6 Å². The van der Waals surface area contributed by atoms with Crippen molar-refractivity contribution in [2.75, 3.05) is 26.2 Å². The second-order valence-electron chi connectivity index (χ2n) is 12.4. The summed E-state index contributed by atoms with van der Waals surface area (Å²) in [5.74, 6) is 4.29. The molecule has 0 aromatic heterocycles. The molecule has 0 N–H and O–H groups in total. The average molecular weight is 421 g/mol. The first-order valence-electron chi connectivity index (χ1n) is 13.7. The van der Waals surface area contributed by atoms with E-state index >= 15 is 0 Å². The van der Waals surface area contributed by atoms with E-state index in [2.05, 4.69) is 58.3 Å². The van der Waals surface area contributed by atoms with E-state index in [0.717, 1.165) is 41.7 Å². The predicted octanol–water partition coefficient (Wildman–Crippen LogP) is 7.48. The zero-order chi connectivity index (χ0) is 22.1. The van der Waals surface area contributed by atoms with Gasteiger partial charge in [-0.3, -0.25) is 4.90 Å². The van der Waals surface area contributed by atoms with Crippen LogP contribution in [0.4, 0.5) is 0 Å². The highest BCUT2D eigenvalue weighted by Gasteiger charge is 2.30. The maximum atomic E-state index is 2.89. The Bertz CT molecular complexity index is 444. The fraction of sp³-hybridized carbons (Fsp3) is 1.00. The summed E-state index contributed by atoms with van der Waals surface area (Å²) in [6, 6.07) is 1.72. The van der Waals surface area contributed by atoms with Crippen molar-refractivity contribution >= 4 is 0 Å². The summed E-state index contributed by atoms with van der Waals surface area (Å²) in [6.45, 7) is 22.3. The largest absolute Gasteiger partial charge is 0.300 e. The van der Waals surface area contributed by atoms with Crippen molar-refractivity contribution in [1.29, 1.82) is 0 Å². The number of nitrogens with zero attached hydrogens (tertiary/aromatic N) is 2. The Kier molecular flexibility index (Phi) is 11.7. The van der Waals surface area contributed by atoms with E-state index in [-0.39, 0.29) is 0 Å². The Morgan fingerprint density at radius 3 is 2.13 bits per heavy atom. The van der Waals surface area contributed by atoms with Gasteiger partial charge in [0.2, 0.25) is 0 Å². The molecule has 2 aliphatic heterocycles. The van der Waals surface area contributed by atoms with Crippen molar-refractivity contribution in [2.24, 2.45) is 29.6 Å². The Labute approximate surface area is 190 Å². The molecule has 0 amide bonds. The van der Waals surface area contributed by atoms with Crippen molar-refractivity contribution < 1.29 is 0 Å². The first kappa shape index (κ1) is 26.2. The third-order valence-electron chi connectivity index (χ3n) is 7.73. The lowest BCUT2D eigenvalue weighted by Gasteiger charge is -2.42. The van der Waals surface area contributed by atoms with Crippen LogP contribution in [-0.4, -0.2) is 48.1 Å². The van der Waals surface area contributed by atoms with Gasteiger partial charge in [-0.25, -0.2) is 0 Å². The SMILES string of the molecule is CC(C)CCC1CCC(CC(C)CCN2CCCCC2CC(C)C)CN1CC(C)C. The van der Waals surface area contributed by atoms with Crippen LogP contribution < -0.4 is 0 Å². The lowest BCUT2D eigenvalue weighted by Crippen LogP contribution is -2.45. The smallest absolute Gasteiger partial charge is 0.00977 e. The van der Waals surface area contributed by atoms with E-state index in [1.54, 1.807) is 0 Å². The molecule has 178 valence electrons. The Morgan fingerprint density at radius 2 is 1.47 bits per heavy atom. The summed E-state index contributed by atoms with van der Waals surface area (Å²) < 4.78 is 0. The summed E-state index contributed by atoms with van der Waals surface area (Å²) in [4.78, 5) is 5.74. The van der Waals surface area contributed by atoms with Gasteiger partial charge in [0.25, 0.3) is 0 Å². The first-order valence-corrected chi connectivity index (χ1v) is 13.7. The fourth-order valence-corrected chi connectivity index (χ4v) is 6.16. The minimum Gasteiger partial charge on any atom is -0.300 e. The van der Waals surface area contributed by atoms with Gasteiger partial charge >= 0.3 is 0 Å². The first-order chi connectivity index (χ1) is 14.2. The zero-order valence-electron chi connectivity index (χ0n) is 21.8. The molecule has 30 heavy (non-hydrogen) atoms. The molecule has 4 unspecified atom stereocenters. The number of hydrogen-bond acceptors (Lipinski definition) is 2. The molecule has 2 saturated heterocycles. The molecule has 2 rings (SSSR count). The monoisotopic (exact) mass is 420 g/mol. The van der Waals surface area contributed by atoms with E-state index in [0.29, 0.717) is 0 Å². The van der Waals surface area contributed by atoms with Crippen molar-refractivity contribution in [3.05, 3.63) is 0 Å². The van der Waals surface area contributed by atoms with Gasteiger partial charge in [0.15, 0.2) is 0 Å². The molecule has 0 saturated carbocycles. The van der Waals surface area contributed by atoms with Crippen LogP contribution in [0.15, 0.2) is 0 Å². The molecule has 2 fully saturated rings. The minimum atomic E-state index is 0.791. The third kappa shape index (κ3) is 9.60. The van der Waals surface area contributed by atoms with E-state index in [9.17, 15) is 0 Å². The maximum absolute atomic E-state index is 2.89. The Morgan fingerprint density at radius 1 is 0.700 bits per heavy atom. The fourth-order valence-electron chi connectivity index (χ4n) is 6.16. The second kappa shape index (κ2) is 13.5. The number of piperidine rings is 2. The number of rotatable bonds is 12. The molecule has 0 bridgehead atoms. The van der Waals surface area contributed by atoms with Crippen LogP contribution in [0.3, 0.4) is 0 Å². The van der Waals surface area contributed by atoms with Gasteiger partial charge in [-0.05, 0) is 100 Å². The van der Waals surface area contributed by atoms with E-state index < -0.39 is 0 Å². The average Bonchev–Trinajstić information content (AvgIpc) is 2.65. The highest BCUT2D eigenvalue weighted by molar-refractivity contribution is 4.84. The molecule has 0 aliphatic carbocycles. The van der Waals surface area contributed by atoms with E-state index in [1.165, 1.54) is 90.4 Å². The molecule has 4 atom stereocenters. The number of hydrogen-bond donors (Lipinski definition) is 0. The normalized spacial score (nSPS) is 28.0. The summed E-state index contributed by atoms with van der Waals surface area (Å²) in [5.41, 5.74) is 0. The Hall–Kier alpha value is -0.0800. The van der Waals surface area contributed by atoms with Crippen molar-refractivity contribution in [3.63, 3.8) is 0 Å². The summed E-state index contributed by atoms with van der Waals surface area (Å²) in [6.07, 6.45) is 14.3. The second-order valence-corrected chi connectivity index (χ2v) is 12.4. The molecule has 0 radical (unpaired) electrons. The molecule has 0 spiro atoms. The molecule has 2 nitrogen and oxygen atoms in total. The zero-order valence-corrected chi connectivity index (χ0v) is 21.8. The lowest BCUT2D eigenvalue weighted by molar-refractivity contribution is 0.0730. The maximum Gasteiger partial charge on any atom is 0.00977 e. The van der Waals surface area contributed by atoms with E-state index in [1.807, 2.05) is 0 Å². The van der Waals surface area contributed by atoms with Crippen LogP contribution in [0.1, 0.15) is 113 Å². The van der Waals surface area contributed by atoms with Gasteiger partial charge in [-0.2, -0.15) is 0 Å². The van der Waals surface area contributed by atoms with Gasteiger partial charge in [-0.1, -0.05) is 54.9 Å². The molecular formula is C28H56N2. The number of likely N-dealkylation sites (tertiary alicyclic amines) is 2. The van der Waals surface area contributed by atoms with Crippen LogP contribution in [-0.2, 0) is 0 Å². The predicted molar refractivity (Wildman–Crippen MR) is 134 cm³/mol. The van der Waals surface area contributed by atoms with E-state index in [4.69, 9.17) is 0 Å². The van der Waals surface area contributed by atoms with Gasteiger partial charge in [0.05, 0.1) is 0 Å². The van der Waals surface area contributed by atoms with Crippen LogP contribution in [0.5, 0.6) is 0 Å². The van der Waals surface area contributed by atoms with Crippen molar-refractivity contribution in [1.82, 2.24) is 9.80 Å². The van der Waals surface area contributed by atoms with Gasteiger partial charge in [-0.15, -0.1) is 0 Å². The van der Waals surface area contributed by atoms with Gasteiger partial charge < -0.3 is 4.90 Å². The summed E-state index contributed by atoms with van der Waals surface area (Å²) >= 11 is 0. The quantitative estimate of drug-likeness (QED) is 0.323. The highest BCUT2D eigenvalue weighted by Crippen LogP contribution is 2.32. The molecule has 0 aromatic carbocycles. The topological polar surface area (TPSA) is 6.48 Å². The molecule has 2 heterocycles.